The average Bonchev–Trinajstić information content (AvgIpc) is 2.68. The quantitative estimate of drug-likeness (QED) is 0.321. The van der Waals surface area contributed by atoms with Gasteiger partial charge in [-0.05, 0) is 68.5 Å². The van der Waals surface area contributed by atoms with Gasteiger partial charge < -0.3 is 9.47 Å². The third kappa shape index (κ3) is 4.81. The second-order valence-electron chi connectivity index (χ2n) is 7.35. The van der Waals surface area contributed by atoms with Gasteiger partial charge in [0.2, 0.25) is 0 Å². The molecule has 2 aromatic carbocycles. The Morgan fingerprint density at radius 1 is 1.03 bits per heavy atom. The van der Waals surface area contributed by atoms with Crippen molar-refractivity contribution in [2.75, 3.05) is 0 Å². The number of carbonyl (C=O) groups is 1. The molecule has 0 aliphatic heterocycles. The van der Waals surface area contributed by atoms with Crippen LogP contribution in [0.2, 0.25) is 0 Å². The summed E-state index contributed by atoms with van der Waals surface area (Å²) in [7, 11) is 0. The summed E-state index contributed by atoms with van der Waals surface area (Å²) >= 11 is 0. The Labute approximate surface area is 168 Å². The SMILES string of the molecule is C=C(C)C1(Oc2cc(C(=O)Oc3ccccc3)ccc2C(F)(F)F)CCCCC1. The van der Waals surface area contributed by atoms with Gasteiger partial charge in [0.15, 0.2) is 0 Å². The van der Waals surface area contributed by atoms with Gasteiger partial charge in [0.25, 0.3) is 0 Å². The van der Waals surface area contributed by atoms with Crippen LogP contribution in [-0.4, -0.2) is 11.6 Å². The zero-order chi connectivity index (χ0) is 21.1. The van der Waals surface area contributed by atoms with E-state index in [1.807, 2.05) is 0 Å². The van der Waals surface area contributed by atoms with Gasteiger partial charge in [-0.2, -0.15) is 13.2 Å². The van der Waals surface area contributed by atoms with Crippen molar-refractivity contribution in [2.24, 2.45) is 0 Å². The van der Waals surface area contributed by atoms with Crippen LogP contribution in [-0.2, 0) is 6.18 Å². The minimum atomic E-state index is -4.61. The molecule has 0 aromatic heterocycles. The van der Waals surface area contributed by atoms with E-state index < -0.39 is 23.3 Å². The van der Waals surface area contributed by atoms with Crippen molar-refractivity contribution in [3.63, 3.8) is 0 Å². The number of benzene rings is 2. The van der Waals surface area contributed by atoms with Crippen molar-refractivity contribution >= 4 is 5.97 Å². The molecule has 2 aromatic rings. The van der Waals surface area contributed by atoms with Crippen LogP contribution < -0.4 is 9.47 Å². The molecule has 0 radical (unpaired) electrons. The Balaban J connectivity index is 1.96. The highest BCUT2D eigenvalue weighted by molar-refractivity contribution is 5.91. The molecular formula is C23H23F3O3. The number of para-hydroxylation sites is 1. The molecule has 6 heteroatoms. The van der Waals surface area contributed by atoms with Crippen molar-refractivity contribution in [1.82, 2.24) is 0 Å². The molecule has 1 aliphatic carbocycles. The molecule has 0 amide bonds. The van der Waals surface area contributed by atoms with E-state index in [-0.39, 0.29) is 11.3 Å². The Hall–Kier alpha value is -2.76. The molecule has 0 bridgehead atoms. The van der Waals surface area contributed by atoms with Gasteiger partial charge >= 0.3 is 12.1 Å². The molecule has 0 heterocycles. The lowest BCUT2D eigenvalue weighted by atomic mass is 9.80. The number of hydrogen-bond donors (Lipinski definition) is 0. The van der Waals surface area contributed by atoms with E-state index in [2.05, 4.69) is 6.58 Å². The molecule has 29 heavy (non-hydrogen) atoms. The Morgan fingerprint density at radius 3 is 2.28 bits per heavy atom. The van der Waals surface area contributed by atoms with Crippen molar-refractivity contribution in [3.05, 3.63) is 71.8 Å². The molecule has 0 unspecified atom stereocenters. The maximum Gasteiger partial charge on any atom is 0.419 e. The van der Waals surface area contributed by atoms with E-state index in [4.69, 9.17) is 9.47 Å². The Bertz CT molecular complexity index is 882. The monoisotopic (exact) mass is 404 g/mol. The third-order valence-electron chi connectivity index (χ3n) is 5.22. The van der Waals surface area contributed by atoms with E-state index in [1.165, 1.54) is 0 Å². The first-order valence-electron chi connectivity index (χ1n) is 9.55. The highest BCUT2D eigenvalue weighted by Crippen LogP contribution is 2.43. The van der Waals surface area contributed by atoms with Crippen LogP contribution in [0.3, 0.4) is 0 Å². The molecule has 154 valence electrons. The summed E-state index contributed by atoms with van der Waals surface area (Å²) in [6.45, 7) is 5.72. The predicted molar refractivity (Wildman–Crippen MR) is 104 cm³/mol. The zero-order valence-corrected chi connectivity index (χ0v) is 16.2. The van der Waals surface area contributed by atoms with Crippen molar-refractivity contribution in [2.45, 2.75) is 50.8 Å². The lowest BCUT2D eigenvalue weighted by Crippen LogP contribution is -2.39. The molecule has 3 rings (SSSR count). The predicted octanol–water partition coefficient (Wildman–Crippen LogP) is 6.58. The highest BCUT2D eigenvalue weighted by atomic mass is 19.4. The van der Waals surface area contributed by atoms with Crippen LogP contribution in [0.4, 0.5) is 13.2 Å². The molecule has 1 saturated carbocycles. The van der Waals surface area contributed by atoms with Gasteiger partial charge in [0.05, 0.1) is 11.1 Å². The second-order valence-corrected chi connectivity index (χ2v) is 7.35. The first-order chi connectivity index (χ1) is 13.7. The van der Waals surface area contributed by atoms with Crippen LogP contribution in [0.5, 0.6) is 11.5 Å². The standard InChI is InChI=1S/C23H23F3O3/c1-16(2)22(13-7-4-8-14-22)29-20-15-17(11-12-19(20)23(24,25)26)21(27)28-18-9-5-3-6-10-18/h3,5-6,9-12,15H,1,4,7-8,13-14H2,2H3. The van der Waals surface area contributed by atoms with Crippen molar-refractivity contribution in [3.8, 4) is 11.5 Å². The maximum atomic E-state index is 13.6. The van der Waals surface area contributed by atoms with E-state index in [0.717, 1.165) is 37.5 Å². The topological polar surface area (TPSA) is 35.5 Å². The van der Waals surface area contributed by atoms with Crippen molar-refractivity contribution in [1.29, 1.82) is 0 Å². The van der Waals surface area contributed by atoms with Gasteiger partial charge in [0, 0.05) is 0 Å². The molecule has 1 fully saturated rings. The van der Waals surface area contributed by atoms with E-state index in [0.29, 0.717) is 24.2 Å². The average molecular weight is 404 g/mol. The van der Waals surface area contributed by atoms with Crippen LogP contribution in [0.1, 0.15) is 54.9 Å². The second kappa shape index (κ2) is 8.31. The molecular weight excluding hydrogens is 381 g/mol. The Kier molecular flexibility index (Phi) is 6.01. The van der Waals surface area contributed by atoms with Crippen LogP contribution in [0.15, 0.2) is 60.7 Å². The van der Waals surface area contributed by atoms with Gasteiger partial charge in [-0.15, -0.1) is 0 Å². The summed E-state index contributed by atoms with van der Waals surface area (Å²) in [5.74, 6) is -0.807. The minimum Gasteiger partial charge on any atom is -0.482 e. The minimum absolute atomic E-state index is 0.00970. The maximum absolute atomic E-state index is 13.6. The highest BCUT2D eigenvalue weighted by Gasteiger charge is 2.40. The van der Waals surface area contributed by atoms with Crippen molar-refractivity contribution < 1.29 is 27.4 Å². The van der Waals surface area contributed by atoms with Gasteiger partial charge in [-0.1, -0.05) is 31.2 Å². The fourth-order valence-electron chi connectivity index (χ4n) is 3.57. The van der Waals surface area contributed by atoms with Crippen LogP contribution in [0, 0.1) is 0 Å². The summed E-state index contributed by atoms with van der Waals surface area (Å²) in [5, 5.41) is 0. The fraction of sp³-hybridized carbons (Fsp3) is 0.348. The molecule has 0 atom stereocenters. The molecule has 0 saturated heterocycles. The van der Waals surface area contributed by atoms with Gasteiger partial charge in [-0.3, -0.25) is 0 Å². The molecule has 0 N–H and O–H groups in total. The largest absolute Gasteiger partial charge is 0.482 e. The summed E-state index contributed by atoms with van der Waals surface area (Å²) in [5.41, 5.74) is -1.10. The molecule has 1 aliphatic rings. The van der Waals surface area contributed by atoms with Crippen LogP contribution in [0.25, 0.3) is 0 Å². The molecule has 0 spiro atoms. The normalized spacial score (nSPS) is 16.1. The number of alkyl halides is 3. The summed E-state index contributed by atoms with van der Waals surface area (Å²) in [4.78, 5) is 12.5. The number of ether oxygens (including phenoxy) is 2. The van der Waals surface area contributed by atoms with E-state index in [9.17, 15) is 18.0 Å². The van der Waals surface area contributed by atoms with Gasteiger partial charge in [0.1, 0.15) is 17.1 Å². The lowest BCUT2D eigenvalue weighted by Gasteiger charge is -2.39. The zero-order valence-electron chi connectivity index (χ0n) is 16.2. The first-order valence-corrected chi connectivity index (χ1v) is 9.55. The number of halogens is 3. The molecule has 3 nitrogen and oxygen atoms in total. The summed E-state index contributed by atoms with van der Waals surface area (Å²) in [6, 6.07) is 11.4. The van der Waals surface area contributed by atoms with E-state index in [1.54, 1.807) is 37.3 Å². The lowest BCUT2D eigenvalue weighted by molar-refractivity contribution is -0.140. The fourth-order valence-corrected chi connectivity index (χ4v) is 3.57. The van der Waals surface area contributed by atoms with Crippen LogP contribution >= 0.6 is 0 Å². The smallest absolute Gasteiger partial charge is 0.419 e. The van der Waals surface area contributed by atoms with Gasteiger partial charge in [-0.25, -0.2) is 4.79 Å². The summed E-state index contributed by atoms with van der Waals surface area (Å²) < 4.78 is 52.0. The third-order valence-corrected chi connectivity index (χ3v) is 5.22. The number of carbonyl (C=O) groups excluding carboxylic acids is 1. The van der Waals surface area contributed by atoms with E-state index >= 15 is 0 Å². The first kappa shape index (κ1) is 21.0. The number of hydrogen-bond acceptors (Lipinski definition) is 3. The number of esters is 1. The summed E-state index contributed by atoms with van der Waals surface area (Å²) in [6.07, 6.45) is -0.708. The number of rotatable bonds is 5. The Morgan fingerprint density at radius 2 is 1.69 bits per heavy atom.